The molecule has 0 unspecified atom stereocenters. The zero-order valence-corrected chi connectivity index (χ0v) is 9.78. The molecule has 1 rings (SSSR count). The van der Waals surface area contributed by atoms with E-state index in [1.807, 2.05) is 17.8 Å². The van der Waals surface area contributed by atoms with Gasteiger partial charge in [-0.3, -0.25) is 4.68 Å². The van der Waals surface area contributed by atoms with E-state index in [2.05, 4.69) is 18.9 Å². The van der Waals surface area contributed by atoms with Crippen LogP contribution in [0.15, 0.2) is 12.3 Å². The molecule has 0 bridgehead atoms. The van der Waals surface area contributed by atoms with Crippen molar-refractivity contribution in [1.29, 1.82) is 0 Å². The van der Waals surface area contributed by atoms with E-state index in [1.165, 1.54) is 5.69 Å². The largest absolute Gasteiger partial charge is 0.330 e. The molecular formula is C8H17Cl2N3. The van der Waals surface area contributed by atoms with Crippen LogP contribution in [0.2, 0.25) is 0 Å². The lowest BCUT2D eigenvalue weighted by Crippen LogP contribution is -2.30. The number of nitrogens with zero attached hydrogens (tertiary/aromatic N) is 2. The third-order valence-electron chi connectivity index (χ3n) is 2.02. The van der Waals surface area contributed by atoms with Crippen LogP contribution in [0.25, 0.3) is 0 Å². The Morgan fingerprint density at radius 2 is 2.00 bits per heavy atom. The Morgan fingerprint density at radius 3 is 2.31 bits per heavy atom. The van der Waals surface area contributed by atoms with E-state index >= 15 is 0 Å². The summed E-state index contributed by atoms with van der Waals surface area (Å²) in [5, 5.41) is 4.09. The first-order chi connectivity index (χ1) is 5.08. The van der Waals surface area contributed by atoms with Crippen LogP contribution < -0.4 is 5.73 Å². The molecule has 0 aliphatic heterocycles. The molecule has 0 aliphatic carbocycles. The molecule has 1 heterocycles. The standard InChI is InChI=1S/C8H15N3.2ClH/c1-8(2,6-9)7-4-5-10-11(7)3;;/h4-5H,6,9H2,1-3H3;2*1H. The minimum atomic E-state index is 0. The van der Waals surface area contributed by atoms with E-state index in [9.17, 15) is 0 Å². The van der Waals surface area contributed by atoms with E-state index in [-0.39, 0.29) is 30.2 Å². The van der Waals surface area contributed by atoms with E-state index in [0.717, 1.165) is 0 Å². The summed E-state index contributed by atoms with van der Waals surface area (Å²) in [7, 11) is 1.94. The average molecular weight is 226 g/mol. The molecule has 0 aliphatic rings. The van der Waals surface area contributed by atoms with Gasteiger partial charge < -0.3 is 5.73 Å². The summed E-state index contributed by atoms with van der Waals surface area (Å²) in [6.45, 7) is 4.88. The lowest BCUT2D eigenvalue weighted by Gasteiger charge is -2.22. The van der Waals surface area contributed by atoms with Crippen molar-refractivity contribution in [1.82, 2.24) is 9.78 Å². The number of aromatic nitrogens is 2. The van der Waals surface area contributed by atoms with Crippen LogP contribution in [0.5, 0.6) is 0 Å². The van der Waals surface area contributed by atoms with Crippen molar-refractivity contribution in [2.24, 2.45) is 12.8 Å². The predicted molar refractivity (Wildman–Crippen MR) is 59.8 cm³/mol. The van der Waals surface area contributed by atoms with Crippen LogP contribution in [0.3, 0.4) is 0 Å². The Labute approximate surface area is 91.5 Å². The maximum Gasteiger partial charge on any atom is 0.0492 e. The van der Waals surface area contributed by atoms with Gasteiger partial charge in [0.15, 0.2) is 0 Å². The van der Waals surface area contributed by atoms with Gasteiger partial charge in [-0.05, 0) is 6.07 Å². The van der Waals surface area contributed by atoms with Gasteiger partial charge in [0.2, 0.25) is 0 Å². The predicted octanol–water partition coefficient (Wildman–Crippen LogP) is 1.50. The summed E-state index contributed by atoms with van der Waals surface area (Å²) in [6.07, 6.45) is 1.80. The highest BCUT2D eigenvalue weighted by Gasteiger charge is 2.21. The Balaban J connectivity index is 0. The zero-order valence-electron chi connectivity index (χ0n) is 8.15. The number of nitrogens with two attached hydrogens (primary N) is 1. The minimum absolute atomic E-state index is 0. The van der Waals surface area contributed by atoms with Crippen molar-refractivity contribution in [2.45, 2.75) is 19.3 Å². The van der Waals surface area contributed by atoms with Crippen molar-refractivity contribution in [3.63, 3.8) is 0 Å². The third kappa shape index (κ3) is 3.18. The van der Waals surface area contributed by atoms with E-state index < -0.39 is 0 Å². The van der Waals surface area contributed by atoms with Gasteiger partial charge in [-0.15, -0.1) is 24.8 Å². The van der Waals surface area contributed by atoms with Crippen molar-refractivity contribution >= 4 is 24.8 Å². The highest BCUT2D eigenvalue weighted by Crippen LogP contribution is 2.19. The monoisotopic (exact) mass is 225 g/mol. The minimum Gasteiger partial charge on any atom is -0.330 e. The highest BCUT2D eigenvalue weighted by molar-refractivity contribution is 5.85. The van der Waals surface area contributed by atoms with Crippen LogP contribution in [0.1, 0.15) is 19.5 Å². The van der Waals surface area contributed by atoms with Gasteiger partial charge in [0.25, 0.3) is 0 Å². The number of aryl methyl sites for hydroxylation is 1. The van der Waals surface area contributed by atoms with Crippen LogP contribution >= 0.6 is 24.8 Å². The van der Waals surface area contributed by atoms with Gasteiger partial charge >= 0.3 is 0 Å². The molecule has 0 spiro atoms. The lowest BCUT2D eigenvalue weighted by atomic mass is 9.90. The first-order valence-electron chi connectivity index (χ1n) is 3.76. The molecule has 1 aromatic rings. The summed E-state index contributed by atoms with van der Waals surface area (Å²) >= 11 is 0. The molecule has 0 fully saturated rings. The normalized spacial score (nSPS) is 10.2. The maximum atomic E-state index is 5.63. The summed E-state index contributed by atoms with van der Waals surface area (Å²) in [5.74, 6) is 0. The molecule has 0 saturated carbocycles. The summed E-state index contributed by atoms with van der Waals surface area (Å²) in [5.41, 5.74) is 6.84. The van der Waals surface area contributed by atoms with E-state index in [1.54, 1.807) is 6.20 Å². The molecule has 78 valence electrons. The van der Waals surface area contributed by atoms with Gasteiger partial charge in [-0.25, -0.2) is 0 Å². The number of halogens is 2. The Kier molecular flexibility index (Phi) is 6.41. The first-order valence-corrected chi connectivity index (χ1v) is 3.76. The number of rotatable bonds is 2. The Hall–Kier alpha value is -0.250. The second-order valence-corrected chi connectivity index (χ2v) is 3.43. The lowest BCUT2D eigenvalue weighted by molar-refractivity contribution is 0.487. The second kappa shape index (κ2) is 5.47. The quantitative estimate of drug-likeness (QED) is 0.830. The molecule has 2 N–H and O–H groups in total. The summed E-state index contributed by atoms with van der Waals surface area (Å²) in [4.78, 5) is 0. The number of hydrogen-bond donors (Lipinski definition) is 1. The fraction of sp³-hybridized carbons (Fsp3) is 0.625. The average Bonchev–Trinajstić information content (AvgIpc) is 2.36. The summed E-state index contributed by atoms with van der Waals surface area (Å²) in [6, 6.07) is 2.01. The molecule has 0 atom stereocenters. The van der Waals surface area contributed by atoms with E-state index in [0.29, 0.717) is 6.54 Å². The Bertz CT molecular complexity index is 245. The van der Waals surface area contributed by atoms with Gasteiger partial charge in [0.05, 0.1) is 0 Å². The van der Waals surface area contributed by atoms with Crippen molar-refractivity contribution < 1.29 is 0 Å². The van der Waals surface area contributed by atoms with Gasteiger partial charge in [-0.1, -0.05) is 13.8 Å². The van der Waals surface area contributed by atoms with Crippen molar-refractivity contribution in [2.75, 3.05) is 6.54 Å². The highest BCUT2D eigenvalue weighted by atomic mass is 35.5. The molecule has 0 aromatic carbocycles. The van der Waals surface area contributed by atoms with Gasteiger partial charge in [0.1, 0.15) is 0 Å². The fourth-order valence-electron chi connectivity index (χ4n) is 1.14. The zero-order chi connectivity index (χ0) is 8.48. The van der Waals surface area contributed by atoms with Gasteiger partial charge in [0, 0.05) is 30.9 Å². The molecule has 3 nitrogen and oxygen atoms in total. The number of hydrogen-bond acceptors (Lipinski definition) is 2. The molecular weight excluding hydrogens is 209 g/mol. The maximum absolute atomic E-state index is 5.63. The molecule has 13 heavy (non-hydrogen) atoms. The second-order valence-electron chi connectivity index (χ2n) is 3.43. The molecule has 0 radical (unpaired) electrons. The van der Waals surface area contributed by atoms with Crippen LogP contribution in [-0.2, 0) is 12.5 Å². The SMILES string of the molecule is Cl.Cl.Cn1nccc1C(C)(C)CN. The summed E-state index contributed by atoms with van der Waals surface area (Å²) < 4.78 is 1.87. The van der Waals surface area contributed by atoms with Crippen LogP contribution in [0.4, 0.5) is 0 Å². The molecule has 0 saturated heterocycles. The van der Waals surface area contributed by atoms with Crippen molar-refractivity contribution in [3.8, 4) is 0 Å². The topological polar surface area (TPSA) is 43.8 Å². The fourth-order valence-corrected chi connectivity index (χ4v) is 1.14. The van der Waals surface area contributed by atoms with Crippen molar-refractivity contribution in [3.05, 3.63) is 18.0 Å². The molecule has 0 amide bonds. The molecule has 5 heteroatoms. The third-order valence-corrected chi connectivity index (χ3v) is 2.02. The Morgan fingerprint density at radius 1 is 1.46 bits per heavy atom. The van der Waals surface area contributed by atoms with Crippen LogP contribution in [0, 0.1) is 0 Å². The smallest absolute Gasteiger partial charge is 0.0492 e. The molecule has 1 aromatic heterocycles. The van der Waals surface area contributed by atoms with Crippen LogP contribution in [-0.4, -0.2) is 16.3 Å². The first kappa shape index (κ1) is 15.2. The van der Waals surface area contributed by atoms with E-state index in [4.69, 9.17) is 5.73 Å². The van der Waals surface area contributed by atoms with Gasteiger partial charge in [-0.2, -0.15) is 5.10 Å².